The summed E-state index contributed by atoms with van der Waals surface area (Å²) in [7, 11) is -10.1. The summed E-state index contributed by atoms with van der Waals surface area (Å²) in [5.41, 5.74) is 0. The molecule has 0 atom stereocenters. The Morgan fingerprint density at radius 3 is 1.14 bits per heavy atom. The molecule has 89 valence electrons. The molecule has 14 heteroatoms. The van der Waals surface area contributed by atoms with E-state index in [4.69, 9.17) is 30.1 Å². The van der Waals surface area contributed by atoms with Crippen LogP contribution >= 0.6 is 15.6 Å². The van der Waals surface area contributed by atoms with Crippen LogP contribution in [0.4, 0.5) is 0 Å². The van der Waals surface area contributed by atoms with Gasteiger partial charge in [0.05, 0.1) is 0 Å². The fourth-order valence-corrected chi connectivity index (χ4v) is 1.25. The van der Waals surface area contributed by atoms with Gasteiger partial charge in [-0.25, -0.2) is 9.13 Å². The average molecular weight is 428 g/mol. The summed E-state index contributed by atoms with van der Waals surface area (Å²) in [5.74, 6) is 0. The third-order valence-electron chi connectivity index (χ3n) is 0.213. The average Bonchev–Trinajstić information content (AvgIpc) is 1.47. The predicted molar refractivity (Wildman–Crippen MR) is 32.5 cm³/mol. The molecular formula is H8NO10P2W. The first kappa shape index (κ1) is 20.0. The summed E-state index contributed by atoms with van der Waals surface area (Å²) in [6, 6.07) is 0. The van der Waals surface area contributed by atoms with Gasteiger partial charge in [0, 0.05) is 0 Å². The Bertz CT molecular complexity index is 263. The molecule has 0 aliphatic heterocycles. The van der Waals surface area contributed by atoms with Gasteiger partial charge in [-0.2, -0.15) is 4.31 Å². The molecular weight excluding hydrogens is 420 g/mol. The monoisotopic (exact) mass is 428 g/mol. The standard InChI is InChI=1S/H3N.H4O7P2.3O.W/c;1-8(2,3)7-9(4,5)6;;;;/h1H3;(H2,1,2,3)(H2,4,5,6);;;;/q;;;;-1;/p+1. The van der Waals surface area contributed by atoms with Crippen molar-refractivity contribution >= 4 is 15.6 Å². The van der Waals surface area contributed by atoms with Gasteiger partial charge >= 0.3 is 43.8 Å². The molecule has 8 N–H and O–H groups in total. The molecule has 0 heterocycles. The Balaban J connectivity index is -0.000000209. The maximum absolute atomic E-state index is 9.63. The molecule has 0 aliphatic carbocycles. The van der Waals surface area contributed by atoms with Gasteiger partial charge in [0.2, 0.25) is 0 Å². The molecule has 0 rings (SSSR count). The SMILES string of the molecule is O=P(O)(O)OP(=O)(O)O.[NH4+].[O]=[W](=[O])[O-]. The third kappa shape index (κ3) is 39.2. The molecule has 0 saturated carbocycles. The topological polar surface area (TPSA) is 218 Å². The number of quaternary nitrogens is 1. The molecule has 0 aromatic heterocycles. The molecule has 0 aromatic carbocycles. The van der Waals surface area contributed by atoms with E-state index in [1.165, 1.54) is 0 Å². The van der Waals surface area contributed by atoms with E-state index in [2.05, 4.69) is 4.31 Å². The third-order valence-corrected chi connectivity index (χ3v) is 1.91. The van der Waals surface area contributed by atoms with E-state index in [9.17, 15) is 9.13 Å². The fraction of sp³-hybridized carbons (Fsp3) is 0. The molecule has 0 unspecified atom stereocenters. The Morgan fingerprint density at radius 1 is 1.00 bits per heavy atom. The zero-order valence-corrected chi connectivity index (χ0v) is 11.3. The quantitative estimate of drug-likeness (QED) is 0.309. The second-order valence-corrected chi connectivity index (χ2v) is 5.35. The molecule has 0 aromatic rings. The molecule has 0 aliphatic rings. The number of phosphoric acid groups is 2. The minimum absolute atomic E-state index is 0. The molecule has 0 radical (unpaired) electrons. The van der Waals surface area contributed by atoms with Crippen LogP contribution in [-0.4, -0.2) is 19.6 Å². The van der Waals surface area contributed by atoms with Crippen LogP contribution in [-0.2, 0) is 37.9 Å². The summed E-state index contributed by atoms with van der Waals surface area (Å²) < 4.78 is 48.0. The van der Waals surface area contributed by atoms with Gasteiger partial charge in [-0.1, -0.05) is 0 Å². The van der Waals surface area contributed by atoms with Crippen molar-refractivity contribution in [2.75, 3.05) is 0 Å². The van der Waals surface area contributed by atoms with Crippen molar-refractivity contribution in [2.24, 2.45) is 0 Å². The van der Waals surface area contributed by atoms with Gasteiger partial charge in [0.25, 0.3) is 0 Å². The van der Waals surface area contributed by atoms with Crippen LogP contribution in [0.1, 0.15) is 0 Å². The molecule has 0 spiro atoms. The summed E-state index contributed by atoms with van der Waals surface area (Å²) in [5, 5.41) is 0. The summed E-state index contributed by atoms with van der Waals surface area (Å²) >= 11 is -4.28. The van der Waals surface area contributed by atoms with Crippen LogP contribution in [0.15, 0.2) is 0 Å². The zero-order valence-electron chi connectivity index (χ0n) is 6.54. The molecule has 0 bridgehead atoms. The van der Waals surface area contributed by atoms with Crippen molar-refractivity contribution in [1.29, 1.82) is 0 Å². The molecule has 0 fully saturated rings. The Hall–Kier alpha value is 0.468. The second kappa shape index (κ2) is 7.72. The molecule has 14 heavy (non-hydrogen) atoms. The first-order chi connectivity index (χ1) is 5.44. The van der Waals surface area contributed by atoms with Crippen LogP contribution in [0.2, 0.25) is 0 Å². The van der Waals surface area contributed by atoms with E-state index in [1.807, 2.05) is 0 Å². The van der Waals surface area contributed by atoms with E-state index in [0.29, 0.717) is 0 Å². The van der Waals surface area contributed by atoms with Crippen LogP contribution < -0.4 is 9.91 Å². The van der Waals surface area contributed by atoms with Gasteiger partial charge in [-0.3, -0.25) is 0 Å². The second-order valence-electron chi connectivity index (χ2n) is 1.27. The Kier molecular flexibility index (Phi) is 11.0. The number of hydrogen-bond donors (Lipinski definition) is 5. The van der Waals surface area contributed by atoms with E-state index in [1.54, 1.807) is 0 Å². The Labute approximate surface area is 83.4 Å². The van der Waals surface area contributed by atoms with Crippen LogP contribution in [0, 0.1) is 0 Å². The van der Waals surface area contributed by atoms with Gasteiger partial charge in [-0.05, 0) is 0 Å². The molecule has 0 amide bonds. The van der Waals surface area contributed by atoms with E-state index < -0.39 is 33.3 Å². The van der Waals surface area contributed by atoms with Crippen molar-refractivity contribution in [3.63, 3.8) is 0 Å². The van der Waals surface area contributed by atoms with Crippen molar-refractivity contribution < 1.29 is 61.2 Å². The summed E-state index contributed by atoms with van der Waals surface area (Å²) in [6.45, 7) is 0. The van der Waals surface area contributed by atoms with Crippen molar-refractivity contribution in [3.8, 4) is 0 Å². The van der Waals surface area contributed by atoms with E-state index in [0.717, 1.165) is 0 Å². The van der Waals surface area contributed by atoms with Gasteiger partial charge in [-0.15, -0.1) is 0 Å². The van der Waals surface area contributed by atoms with Crippen molar-refractivity contribution in [2.45, 2.75) is 0 Å². The van der Waals surface area contributed by atoms with Crippen molar-refractivity contribution in [3.05, 3.63) is 0 Å². The minimum atomic E-state index is -5.05. The van der Waals surface area contributed by atoms with E-state index in [-0.39, 0.29) is 6.15 Å². The Morgan fingerprint density at radius 2 is 1.14 bits per heavy atom. The zero-order chi connectivity index (χ0) is 11.3. The predicted octanol–water partition coefficient (Wildman–Crippen LogP) is -1.86. The number of rotatable bonds is 2. The first-order valence-corrected chi connectivity index (χ1v) is 8.68. The van der Waals surface area contributed by atoms with Crippen molar-refractivity contribution in [1.82, 2.24) is 6.15 Å². The maximum atomic E-state index is 9.63. The molecule has 11 nitrogen and oxygen atoms in total. The van der Waals surface area contributed by atoms with Crippen LogP contribution in [0.5, 0.6) is 0 Å². The van der Waals surface area contributed by atoms with E-state index >= 15 is 0 Å². The van der Waals surface area contributed by atoms with Gasteiger partial charge in [0.1, 0.15) is 0 Å². The van der Waals surface area contributed by atoms with Crippen LogP contribution in [0.3, 0.4) is 0 Å². The molecule has 0 saturated heterocycles. The number of hydrogen-bond acceptors (Lipinski definition) is 6. The van der Waals surface area contributed by atoms with Gasteiger partial charge < -0.3 is 25.7 Å². The normalized spacial score (nSPS) is 10.6. The fourth-order valence-electron chi connectivity index (χ4n) is 0.139. The van der Waals surface area contributed by atoms with Crippen LogP contribution in [0.25, 0.3) is 0 Å². The summed E-state index contributed by atoms with van der Waals surface area (Å²) in [6.07, 6.45) is 0. The summed E-state index contributed by atoms with van der Waals surface area (Å²) in [4.78, 5) is 31.0. The first-order valence-electron chi connectivity index (χ1n) is 2.03. The van der Waals surface area contributed by atoms with Gasteiger partial charge in [0.15, 0.2) is 0 Å².